The summed E-state index contributed by atoms with van der Waals surface area (Å²) in [5, 5.41) is 0.575. The molecule has 0 saturated carbocycles. The predicted octanol–water partition coefficient (Wildman–Crippen LogP) is 1.82. The summed E-state index contributed by atoms with van der Waals surface area (Å²) in [6, 6.07) is 8.39. The molecule has 1 aromatic heterocycles. The van der Waals surface area contributed by atoms with Crippen molar-refractivity contribution >= 4 is 27.6 Å². The molecule has 0 aliphatic heterocycles. The van der Waals surface area contributed by atoms with Gasteiger partial charge in [0.15, 0.2) is 0 Å². The van der Waals surface area contributed by atoms with Gasteiger partial charge in [-0.05, 0) is 23.8 Å². The predicted molar refractivity (Wildman–Crippen MR) is 87.3 cm³/mol. The molecule has 8 heteroatoms. The molecule has 0 amide bonds. The second kappa shape index (κ2) is 7.04. The number of aromatic nitrogens is 2. The van der Waals surface area contributed by atoms with E-state index >= 15 is 0 Å². The third kappa shape index (κ3) is 4.94. The Balaban J connectivity index is 2.00. The van der Waals surface area contributed by atoms with Crippen LogP contribution in [-0.4, -0.2) is 32.5 Å². The third-order valence-electron chi connectivity index (χ3n) is 2.84. The molecule has 2 rings (SSSR count). The summed E-state index contributed by atoms with van der Waals surface area (Å²) in [6.45, 7) is 0.124. The number of hydrogen-bond acceptors (Lipinski definition) is 5. The topological polar surface area (TPSA) is 75.2 Å². The quantitative estimate of drug-likeness (QED) is 0.868. The molecular formula is C14H17ClN4O2S. The summed E-state index contributed by atoms with van der Waals surface area (Å²) >= 11 is 5.78. The minimum Gasteiger partial charge on any atom is -0.347 e. The normalized spacial score (nSPS) is 11.4. The molecule has 118 valence electrons. The van der Waals surface area contributed by atoms with Crippen LogP contribution in [0.25, 0.3) is 0 Å². The molecular weight excluding hydrogens is 324 g/mol. The lowest BCUT2D eigenvalue weighted by Gasteiger charge is -2.11. The lowest BCUT2D eigenvalue weighted by atomic mass is 10.2. The average molecular weight is 341 g/mol. The van der Waals surface area contributed by atoms with Gasteiger partial charge < -0.3 is 4.90 Å². The van der Waals surface area contributed by atoms with Gasteiger partial charge >= 0.3 is 0 Å². The van der Waals surface area contributed by atoms with Gasteiger partial charge in [0.25, 0.3) is 0 Å². The van der Waals surface area contributed by atoms with Crippen LogP contribution in [0.3, 0.4) is 0 Å². The number of benzene rings is 1. The fourth-order valence-corrected chi connectivity index (χ4v) is 2.96. The first-order valence-corrected chi connectivity index (χ1v) is 8.60. The van der Waals surface area contributed by atoms with Crippen molar-refractivity contribution in [2.45, 2.75) is 12.3 Å². The van der Waals surface area contributed by atoms with Crippen molar-refractivity contribution in [2.75, 3.05) is 19.0 Å². The third-order valence-corrected chi connectivity index (χ3v) is 4.39. The van der Waals surface area contributed by atoms with Gasteiger partial charge in [0.2, 0.25) is 16.0 Å². The number of anilines is 1. The van der Waals surface area contributed by atoms with Crippen LogP contribution in [0.15, 0.2) is 36.5 Å². The Morgan fingerprint density at radius 3 is 2.50 bits per heavy atom. The molecule has 0 bridgehead atoms. The van der Waals surface area contributed by atoms with Crippen LogP contribution in [-0.2, 0) is 22.3 Å². The first-order valence-electron chi connectivity index (χ1n) is 6.57. The Morgan fingerprint density at radius 2 is 1.86 bits per heavy atom. The van der Waals surface area contributed by atoms with Crippen LogP contribution in [0.4, 0.5) is 5.95 Å². The van der Waals surface area contributed by atoms with E-state index in [2.05, 4.69) is 14.7 Å². The maximum atomic E-state index is 12.1. The summed E-state index contributed by atoms with van der Waals surface area (Å²) in [7, 11) is 0.201. The van der Waals surface area contributed by atoms with Gasteiger partial charge in [0.05, 0.1) is 18.0 Å². The fraction of sp³-hybridized carbons (Fsp3) is 0.286. The summed E-state index contributed by atoms with van der Waals surface area (Å²) in [5.41, 5.74) is 1.28. The zero-order chi connectivity index (χ0) is 16.2. The molecule has 0 aliphatic carbocycles. The van der Waals surface area contributed by atoms with Crippen molar-refractivity contribution in [3.05, 3.63) is 52.8 Å². The van der Waals surface area contributed by atoms with Crippen LogP contribution in [0, 0.1) is 0 Å². The monoisotopic (exact) mass is 340 g/mol. The Labute approximate surface area is 135 Å². The Hall–Kier alpha value is -1.70. The Kier molecular flexibility index (Phi) is 5.33. The van der Waals surface area contributed by atoms with E-state index in [1.165, 1.54) is 0 Å². The van der Waals surface area contributed by atoms with E-state index < -0.39 is 10.0 Å². The highest BCUT2D eigenvalue weighted by Crippen LogP contribution is 2.12. The summed E-state index contributed by atoms with van der Waals surface area (Å²) in [6.07, 6.45) is 1.60. The smallest absolute Gasteiger partial charge is 0.225 e. The SMILES string of the molecule is CN(C)c1nccc(CNS(=O)(=O)Cc2ccc(Cl)cc2)n1. The minimum atomic E-state index is -3.45. The largest absolute Gasteiger partial charge is 0.347 e. The van der Waals surface area contributed by atoms with Crippen molar-refractivity contribution < 1.29 is 8.42 Å². The Bertz CT molecular complexity index is 733. The molecule has 2 aromatic rings. The van der Waals surface area contributed by atoms with Crippen molar-refractivity contribution in [3.8, 4) is 0 Å². The number of rotatable bonds is 6. The Morgan fingerprint density at radius 1 is 1.18 bits per heavy atom. The lowest BCUT2D eigenvalue weighted by Crippen LogP contribution is -2.25. The molecule has 22 heavy (non-hydrogen) atoms. The van der Waals surface area contributed by atoms with Crippen LogP contribution in [0.5, 0.6) is 0 Å². The van der Waals surface area contributed by atoms with Gasteiger partial charge in [-0.1, -0.05) is 23.7 Å². The lowest BCUT2D eigenvalue weighted by molar-refractivity contribution is 0.579. The van der Waals surface area contributed by atoms with Crippen LogP contribution >= 0.6 is 11.6 Å². The van der Waals surface area contributed by atoms with E-state index in [0.717, 1.165) is 0 Å². The molecule has 0 spiro atoms. The fourth-order valence-electron chi connectivity index (χ4n) is 1.73. The second-order valence-corrected chi connectivity index (χ2v) is 7.19. The first kappa shape index (κ1) is 16.7. The van der Waals surface area contributed by atoms with E-state index in [1.807, 2.05) is 14.1 Å². The number of sulfonamides is 1. The van der Waals surface area contributed by atoms with Gasteiger partial charge in [0, 0.05) is 25.3 Å². The highest BCUT2D eigenvalue weighted by molar-refractivity contribution is 7.88. The summed E-state index contributed by atoms with van der Waals surface area (Å²) < 4.78 is 26.7. The zero-order valence-corrected chi connectivity index (χ0v) is 13.9. The summed E-state index contributed by atoms with van der Waals surface area (Å²) in [5.74, 6) is 0.435. The molecule has 0 radical (unpaired) electrons. The molecule has 1 N–H and O–H groups in total. The molecule has 1 aromatic carbocycles. The summed E-state index contributed by atoms with van der Waals surface area (Å²) in [4.78, 5) is 10.1. The second-order valence-electron chi connectivity index (χ2n) is 4.95. The van der Waals surface area contributed by atoms with Crippen molar-refractivity contribution in [2.24, 2.45) is 0 Å². The zero-order valence-electron chi connectivity index (χ0n) is 12.3. The molecule has 0 unspecified atom stereocenters. The van der Waals surface area contributed by atoms with Gasteiger partial charge in [-0.25, -0.2) is 23.1 Å². The number of hydrogen-bond donors (Lipinski definition) is 1. The molecule has 1 heterocycles. The number of nitrogens with one attached hydrogen (secondary N) is 1. The average Bonchev–Trinajstić information content (AvgIpc) is 2.48. The minimum absolute atomic E-state index is 0.101. The van der Waals surface area contributed by atoms with Crippen molar-refractivity contribution in [1.29, 1.82) is 0 Å². The van der Waals surface area contributed by atoms with Crippen LogP contribution < -0.4 is 9.62 Å². The number of nitrogens with zero attached hydrogens (tertiary/aromatic N) is 3. The van der Waals surface area contributed by atoms with E-state index in [4.69, 9.17) is 11.6 Å². The van der Waals surface area contributed by atoms with E-state index in [0.29, 0.717) is 22.2 Å². The maximum absolute atomic E-state index is 12.1. The molecule has 0 saturated heterocycles. The highest BCUT2D eigenvalue weighted by atomic mass is 35.5. The first-order chi connectivity index (χ1) is 10.4. The van der Waals surface area contributed by atoms with Crippen molar-refractivity contribution in [3.63, 3.8) is 0 Å². The number of halogens is 1. The van der Waals surface area contributed by atoms with Crippen LogP contribution in [0.1, 0.15) is 11.3 Å². The van der Waals surface area contributed by atoms with Gasteiger partial charge in [-0.3, -0.25) is 0 Å². The molecule has 6 nitrogen and oxygen atoms in total. The van der Waals surface area contributed by atoms with Crippen molar-refractivity contribution in [1.82, 2.24) is 14.7 Å². The van der Waals surface area contributed by atoms with Crippen LogP contribution in [0.2, 0.25) is 5.02 Å². The molecule has 0 aliphatic rings. The maximum Gasteiger partial charge on any atom is 0.225 e. The van der Waals surface area contributed by atoms with Gasteiger partial charge in [-0.2, -0.15) is 0 Å². The van der Waals surface area contributed by atoms with E-state index in [1.54, 1.807) is 41.4 Å². The molecule has 0 fully saturated rings. The standard InChI is InChI=1S/C14H17ClN4O2S/c1-19(2)14-16-8-7-13(18-14)9-17-22(20,21)10-11-3-5-12(15)6-4-11/h3-8,17H,9-10H2,1-2H3. The van der Waals surface area contributed by atoms with E-state index in [9.17, 15) is 8.42 Å². The van der Waals surface area contributed by atoms with Gasteiger partial charge in [0.1, 0.15) is 0 Å². The molecule has 0 atom stereocenters. The van der Waals surface area contributed by atoms with Gasteiger partial charge in [-0.15, -0.1) is 0 Å². The highest BCUT2D eigenvalue weighted by Gasteiger charge is 2.12. The van der Waals surface area contributed by atoms with E-state index in [-0.39, 0.29) is 12.3 Å².